The molecule has 1 heterocycles. The molecule has 0 bridgehead atoms. The predicted octanol–water partition coefficient (Wildman–Crippen LogP) is 1.18. The highest BCUT2D eigenvalue weighted by atomic mass is 19.1. The van der Waals surface area contributed by atoms with Crippen molar-refractivity contribution in [2.24, 2.45) is 0 Å². The first kappa shape index (κ1) is 15.5. The molecule has 7 nitrogen and oxygen atoms in total. The molecule has 0 saturated heterocycles. The van der Waals surface area contributed by atoms with Crippen LogP contribution in [-0.4, -0.2) is 50.4 Å². The summed E-state index contributed by atoms with van der Waals surface area (Å²) in [6.07, 6.45) is 1.21. The minimum absolute atomic E-state index is 0.271. The number of carbonyl (C=O) groups excluding carboxylic acids is 1. The van der Waals surface area contributed by atoms with E-state index < -0.39 is 24.2 Å². The number of hydrogen-bond donors (Lipinski definition) is 2. The van der Waals surface area contributed by atoms with Gasteiger partial charge < -0.3 is 15.1 Å². The van der Waals surface area contributed by atoms with Crippen molar-refractivity contribution >= 4 is 11.9 Å². The molecule has 22 heavy (non-hydrogen) atoms. The number of aryl methyl sites for hydroxylation is 1. The summed E-state index contributed by atoms with van der Waals surface area (Å²) in [5.41, 5.74) is 0.796. The molecule has 1 amide bonds. The number of aliphatic carboxylic acids is 1. The number of carboxylic acids is 1. The zero-order valence-electron chi connectivity index (χ0n) is 11.9. The highest BCUT2D eigenvalue weighted by molar-refractivity contribution is 5.96. The molecule has 2 rings (SSSR count). The second-order valence-corrected chi connectivity index (χ2v) is 4.79. The molecular weight excluding hydrogens is 293 g/mol. The van der Waals surface area contributed by atoms with Crippen LogP contribution < -0.4 is 0 Å². The van der Waals surface area contributed by atoms with Crippen LogP contribution in [0, 0.1) is 12.7 Å². The third-order valence-electron chi connectivity index (χ3n) is 3.02. The SMILES string of the molecule is Cc1cc(F)ccc1-n1cc(O)c(C(=O)N(C)CC(=O)O)n1. The van der Waals surface area contributed by atoms with Gasteiger partial charge in [0.05, 0.1) is 11.9 Å². The fourth-order valence-corrected chi connectivity index (χ4v) is 1.97. The van der Waals surface area contributed by atoms with Gasteiger partial charge in [0.2, 0.25) is 0 Å². The molecule has 0 spiro atoms. The van der Waals surface area contributed by atoms with Crippen molar-refractivity contribution in [3.05, 3.63) is 41.5 Å². The van der Waals surface area contributed by atoms with Crippen LogP contribution in [-0.2, 0) is 4.79 Å². The summed E-state index contributed by atoms with van der Waals surface area (Å²) >= 11 is 0. The molecule has 0 aliphatic carbocycles. The van der Waals surface area contributed by atoms with Crippen LogP contribution in [0.2, 0.25) is 0 Å². The minimum atomic E-state index is -1.18. The van der Waals surface area contributed by atoms with Gasteiger partial charge in [-0.25, -0.2) is 9.07 Å². The first-order chi connectivity index (χ1) is 10.3. The van der Waals surface area contributed by atoms with E-state index >= 15 is 0 Å². The summed E-state index contributed by atoms with van der Waals surface area (Å²) in [5.74, 6) is -2.69. The Morgan fingerprint density at radius 2 is 2.09 bits per heavy atom. The topological polar surface area (TPSA) is 95.7 Å². The Labute approximate surface area is 125 Å². The van der Waals surface area contributed by atoms with E-state index in [0.29, 0.717) is 11.3 Å². The molecule has 0 aliphatic rings. The molecule has 0 atom stereocenters. The normalized spacial score (nSPS) is 10.5. The first-order valence-corrected chi connectivity index (χ1v) is 6.32. The molecule has 0 aliphatic heterocycles. The lowest BCUT2D eigenvalue weighted by molar-refractivity contribution is -0.137. The standard InChI is InChI=1S/C14H14FN3O4/c1-8-5-9(15)3-4-10(8)18-6-11(19)13(16-18)14(22)17(2)7-12(20)21/h3-6,19H,7H2,1-2H3,(H,20,21). The highest BCUT2D eigenvalue weighted by Gasteiger charge is 2.22. The summed E-state index contributed by atoms with van der Waals surface area (Å²) in [4.78, 5) is 23.6. The lowest BCUT2D eigenvalue weighted by atomic mass is 10.2. The Kier molecular flexibility index (Phi) is 4.11. The van der Waals surface area contributed by atoms with Crippen molar-refractivity contribution in [1.82, 2.24) is 14.7 Å². The van der Waals surface area contributed by atoms with E-state index in [1.807, 2.05) is 0 Å². The largest absolute Gasteiger partial charge is 0.504 e. The van der Waals surface area contributed by atoms with Gasteiger partial charge in [-0.3, -0.25) is 9.59 Å². The van der Waals surface area contributed by atoms with Gasteiger partial charge in [0.1, 0.15) is 12.4 Å². The van der Waals surface area contributed by atoms with E-state index in [1.54, 1.807) is 6.92 Å². The molecular formula is C14H14FN3O4. The number of halogens is 1. The molecule has 1 aromatic carbocycles. The maximum Gasteiger partial charge on any atom is 0.323 e. The summed E-state index contributed by atoms with van der Waals surface area (Å²) in [7, 11) is 1.29. The quantitative estimate of drug-likeness (QED) is 0.884. The Hall–Kier alpha value is -2.90. The van der Waals surface area contributed by atoms with Crippen molar-refractivity contribution in [2.75, 3.05) is 13.6 Å². The van der Waals surface area contributed by atoms with Crippen LogP contribution in [0.3, 0.4) is 0 Å². The molecule has 2 aromatic rings. The molecule has 8 heteroatoms. The molecule has 0 saturated carbocycles. The maximum absolute atomic E-state index is 13.1. The number of benzene rings is 1. The van der Waals surface area contributed by atoms with Crippen molar-refractivity contribution in [3.63, 3.8) is 0 Å². The van der Waals surface area contributed by atoms with Crippen LogP contribution in [0.25, 0.3) is 5.69 Å². The monoisotopic (exact) mass is 307 g/mol. The number of aromatic nitrogens is 2. The molecule has 116 valence electrons. The zero-order valence-corrected chi connectivity index (χ0v) is 11.9. The molecule has 0 unspecified atom stereocenters. The first-order valence-electron chi connectivity index (χ1n) is 6.32. The number of nitrogens with zero attached hydrogens (tertiary/aromatic N) is 3. The van der Waals surface area contributed by atoms with Gasteiger partial charge in [-0.05, 0) is 30.7 Å². The van der Waals surface area contributed by atoms with Gasteiger partial charge in [-0.1, -0.05) is 0 Å². The van der Waals surface area contributed by atoms with Gasteiger partial charge in [-0.15, -0.1) is 0 Å². The Balaban J connectivity index is 2.35. The molecule has 0 radical (unpaired) electrons. The minimum Gasteiger partial charge on any atom is -0.504 e. The lowest BCUT2D eigenvalue weighted by Gasteiger charge is -2.12. The van der Waals surface area contributed by atoms with Crippen molar-refractivity contribution < 1.29 is 24.2 Å². The smallest absolute Gasteiger partial charge is 0.323 e. The lowest BCUT2D eigenvalue weighted by Crippen LogP contribution is -2.32. The van der Waals surface area contributed by atoms with Crippen molar-refractivity contribution in [3.8, 4) is 11.4 Å². The van der Waals surface area contributed by atoms with Crippen LogP contribution >= 0.6 is 0 Å². The Morgan fingerprint density at radius 3 is 2.68 bits per heavy atom. The number of carboxylic acid groups (broad SMARTS) is 1. The maximum atomic E-state index is 13.1. The van der Waals surface area contributed by atoms with E-state index in [2.05, 4.69) is 5.10 Å². The number of amides is 1. The number of carbonyl (C=O) groups is 2. The Bertz CT molecular complexity index is 742. The number of rotatable bonds is 4. The van der Waals surface area contributed by atoms with Crippen molar-refractivity contribution in [2.45, 2.75) is 6.92 Å². The van der Waals surface area contributed by atoms with E-state index in [1.165, 1.54) is 36.1 Å². The highest BCUT2D eigenvalue weighted by Crippen LogP contribution is 2.21. The third-order valence-corrected chi connectivity index (χ3v) is 3.02. The van der Waals surface area contributed by atoms with Gasteiger partial charge in [0.15, 0.2) is 11.4 Å². The Morgan fingerprint density at radius 1 is 1.41 bits per heavy atom. The van der Waals surface area contributed by atoms with E-state index in [9.17, 15) is 19.1 Å². The van der Waals surface area contributed by atoms with E-state index in [0.717, 1.165) is 4.90 Å². The fourth-order valence-electron chi connectivity index (χ4n) is 1.97. The number of likely N-dealkylation sites (N-methyl/N-ethyl adjacent to an activating group) is 1. The van der Waals surface area contributed by atoms with Gasteiger partial charge in [0.25, 0.3) is 5.91 Å². The average Bonchev–Trinajstić information content (AvgIpc) is 2.78. The van der Waals surface area contributed by atoms with Crippen molar-refractivity contribution in [1.29, 1.82) is 0 Å². The second-order valence-electron chi connectivity index (χ2n) is 4.79. The van der Waals surface area contributed by atoms with Gasteiger partial charge in [-0.2, -0.15) is 5.10 Å². The van der Waals surface area contributed by atoms with E-state index in [4.69, 9.17) is 5.11 Å². The molecule has 2 N–H and O–H groups in total. The average molecular weight is 307 g/mol. The van der Waals surface area contributed by atoms with Crippen LogP contribution in [0.4, 0.5) is 4.39 Å². The zero-order chi connectivity index (χ0) is 16.4. The van der Waals surface area contributed by atoms with E-state index in [-0.39, 0.29) is 11.4 Å². The molecule has 0 fully saturated rings. The number of aromatic hydroxyl groups is 1. The second kappa shape index (κ2) is 5.84. The van der Waals surface area contributed by atoms with Gasteiger partial charge in [0, 0.05) is 7.05 Å². The molecule has 1 aromatic heterocycles. The third kappa shape index (κ3) is 3.05. The summed E-state index contributed by atoms with van der Waals surface area (Å²) in [6.45, 7) is 1.15. The summed E-state index contributed by atoms with van der Waals surface area (Å²) in [6, 6.07) is 4.00. The predicted molar refractivity (Wildman–Crippen MR) is 74.5 cm³/mol. The van der Waals surface area contributed by atoms with Crippen LogP contribution in [0.1, 0.15) is 16.1 Å². The number of hydrogen-bond acceptors (Lipinski definition) is 4. The summed E-state index contributed by atoms with van der Waals surface area (Å²) < 4.78 is 14.3. The van der Waals surface area contributed by atoms with Crippen LogP contribution in [0.5, 0.6) is 5.75 Å². The van der Waals surface area contributed by atoms with Gasteiger partial charge >= 0.3 is 5.97 Å². The summed E-state index contributed by atoms with van der Waals surface area (Å²) in [5, 5.41) is 22.5. The fraction of sp³-hybridized carbons (Fsp3) is 0.214. The van der Waals surface area contributed by atoms with Crippen LogP contribution in [0.15, 0.2) is 24.4 Å².